The van der Waals surface area contributed by atoms with Gasteiger partial charge in [0.25, 0.3) is 0 Å². The number of benzene rings is 1. The summed E-state index contributed by atoms with van der Waals surface area (Å²) in [4.78, 5) is 0. The largest absolute Gasteiger partial charge is 0.139 e. The van der Waals surface area contributed by atoms with Gasteiger partial charge in [0, 0.05) is 0 Å². The molecule has 0 unspecified atom stereocenters. The summed E-state index contributed by atoms with van der Waals surface area (Å²) >= 11 is 0. The minimum atomic E-state index is 1.41. The smallest absolute Gasteiger partial charge is 0.0856 e. The summed E-state index contributed by atoms with van der Waals surface area (Å²) in [6.07, 6.45) is 0. The average Bonchev–Trinajstić information content (AvgIpc) is 1.97. The van der Waals surface area contributed by atoms with Gasteiger partial charge in [-0.15, -0.1) is 0 Å². The summed E-state index contributed by atoms with van der Waals surface area (Å²) in [5.74, 6) is 0. The van der Waals surface area contributed by atoms with Crippen LogP contribution in [0, 0.1) is 27.7 Å². The third-order valence-electron chi connectivity index (χ3n) is 2.74. The maximum Gasteiger partial charge on any atom is 0.139 e. The zero-order valence-corrected chi connectivity index (χ0v) is 8.08. The van der Waals surface area contributed by atoms with Gasteiger partial charge in [-0.2, -0.15) is 0 Å². The zero-order chi connectivity index (χ0) is 8.59. The maximum atomic E-state index is 2.26. The topological polar surface area (TPSA) is 0 Å². The maximum absolute atomic E-state index is 2.26. The minimum absolute atomic E-state index is 1.41. The summed E-state index contributed by atoms with van der Waals surface area (Å²) < 4.78 is 0. The van der Waals surface area contributed by atoms with Gasteiger partial charge in [-0.3, -0.25) is 0 Å². The molecule has 0 aliphatic heterocycles. The molecule has 0 N–H and O–H groups in total. The Labute approximate surface area is 70.0 Å². The van der Waals surface area contributed by atoms with Gasteiger partial charge < -0.3 is 0 Å². The first kappa shape index (κ1) is 8.38. The molecule has 11 heavy (non-hydrogen) atoms. The molecule has 0 atom stereocenters. The Balaban J connectivity index is 3.46. The van der Waals surface area contributed by atoms with Crippen molar-refractivity contribution in [1.29, 1.82) is 0 Å². The number of rotatable bonds is 0. The van der Waals surface area contributed by atoms with Gasteiger partial charge in [-0.25, -0.2) is 0 Å². The molecule has 0 aliphatic rings. The second kappa shape index (κ2) is 2.73. The van der Waals surface area contributed by atoms with Crippen molar-refractivity contribution in [2.45, 2.75) is 27.7 Å². The molecule has 0 aliphatic carbocycles. The molecule has 0 spiro atoms. The predicted octanol–water partition coefficient (Wildman–Crippen LogP) is 1.18. The van der Waals surface area contributed by atoms with Gasteiger partial charge in [-0.05, 0) is 44.4 Å². The van der Waals surface area contributed by atoms with Gasteiger partial charge in [0.2, 0.25) is 0 Å². The lowest BCUT2D eigenvalue weighted by Gasteiger charge is -2.10. The first-order valence-corrected chi connectivity index (χ1v) is 4.08. The summed E-state index contributed by atoms with van der Waals surface area (Å²) in [5, 5.41) is 0. The zero-order valence-electron chi connectivity index (χ0n) is 8.08. The van der Waals surface area contributed by atoms with Crippen molar-refractivity contribution in [3.05, 3.63) is 28.3 Å². The molecule has 0 saturated heterocycles. The fourth-order valence-corrected chi connectivity index (χ4v) is 1.41. The summed E-state index contributed by atoms with van der Waals surface area (Å²) in [6.45, 7) is 8.76. The van der Waals surface area contributed by atoms with Gasteiger partial charge in [0.1, 0.15) is 7.85 Å². The van der Waals surface area contributed by atoms with E-state index < -0.39 is 0 Å². The molecular weight excluding hydrogens is 131 g/mol. The molecule has 0 aromatic heterocycles. The summed E-state index contributed by atoms with van der Waals surface area (Å²) in [6, 6.07) is 2.26. The normalized spacial score (nSPS) is 10.2. The third-order valence-corrected chi connectivity index (χ3v) is 2.74. The average molecular weight is 146 g/mol. The Morgan fingerprint density at radius 2 is 1.45 bits per heavy atom. The van der Waals surface area contributed by atoms with Crippen molar-refractivity contribution < 1.29 is 0 Å². The van der Waals surface area contributed by atoms with Crippen LogP contribution in [-0.4, -0.2) is 7.85 Å². The van der Waals surface area contributed by atoms with Crippen LogP contribution in [-0.2, 0) is 0 Å². The van der Waals surface area contributed by atoms with E-state index in [1.165, 1.54) is 27.7 Å². The van der Waals surface area contributed by atoms with E-state index in [4.69, 9.17) is 0 Å². The Morgan fingerprint density at radius 1 is 0.909 bits per heavy atom. The van der Waals surface area contributed by atoms with Gasteiger partial charge in [0.15, 0.2) is 0 Å². The molecule has 0 fully saturated rings. The van der Waals surface area contributed by atoms with Gasteiger partial charge >= 0.3 is 0 Å². The molecule has 1 rings (SSSR count). The van der Waals surface area contributed by atoms with E-state index in [0.29, 0.717) is 0 Å². The van der Waals surface area contributed by atoms with Crippen LogP contribution in [0.4, 0.5) is 0 Å². The molecule has 0 radical (unpaired) electrons. The van der Waals surface area contributed by atoms with Crippen molar-refractivity contribution in [2.75, 3.05) is 0 Å². The highest BCUT2D eigenvalue weighted by atomic mass is 14.1. The lowest BCUT2D eigenvalue weighted by molar-refractivity contribution is 1.23. The highest BCUT2D eigenvalue weighted by Gasteiger charge is 2.02. The van der Waals surface area contributed by atoms with E-state index >= 15 is 0 Å². The second-order valence-corrected chi connectivity index (χ2v) is 3.39. The fourth-order valence-electron chi connectivity index (χ4n) is 1.41. The lowest BCUT2D eigenvalue weighted by atomic mass is 9.85. The van der Waals surface area contributed by atoms with E-state index in [2.05, 4.69) is 41.6 Å². The van der Waals surface area contributed by atoms with Crippen LogP contribution < -0.4 is 5.46 Å². The number of aryl methyl sites for hydroxylation is 1. The van der Waals surface area contributed by atoms with Gasteiger partial charge in [0.05, 0.1) is 0 Å². The number of hydrogen-bond donors (Lipinski definition) is 0. The van der Waals surface area contributed by atoms with Crippen molar-refractivity contribution in [1.82, 2.24) is 0 Å². The molecule has 1 aromatic carbocycles. The highest BCUT2D eigenvalue weighted by molar-refractivity contribution is 6.33. The molecule has 0 nitrogen and oxygen atoms in total. The Bertz CT molecular complexity index is 261. The van der Waals surface area contributed by atoms with Crippen LogP contribution >= 0.6 is 0 Å². The predicted molar refractivity (Wildman–Crippen MR) is 53.6 cm³/mol. The monoisotopic (exact) mass is 146 g/mol. The fraction of sp³-hybridized carbons (Fsp3) is 0.400. The first-order chi connectivity index (χ1) is 5.04. The van der Waals surface area contributed by atoms with E-state index in [-0.39, 0.29) is 0 Å². The van der Waals surface area contributed by atoms with Crippen LogP contribution in [0.3, 0.4) is 0 Å². The second-order valence-electron chi connectivity index (χ2n) is 3.39. The highest BCUT2D eigenvalue weighted by Crippen LogP contribution is 2.13. The standard InChI is InChI=1S/C10H15B/c1-6-5-10(11)9(4)8(3)7(6)2/h5H,11H2,1-4H3. The van der Waals surface area contributed by atoms with Crippen LogP contribution in [0.15, 0.2) is 6.07 Å². The van der Waals surface area contributed by atoms with Crippen molar-refractivity contribution >= 4 is 13.3 Å². The van der Waals surface area contributed by atoms with Crippen LogP contribution in [0.1, 0.15) is 22.3 Å². The molecule has 1 aromatic rings. The molecule has 0 amide bonds. The van der Waals surface area contributed by atoms with E-state index in [0.717, 1.165) is 0 Å². The lowest BCUT2D eigenvalue weighted by Crippen LogP contribution is -2.11. The minimum Gasteiger partial charge on any atom is -0.0856 e. The molecule has 0 bridgehead atoms. The third kappa shape index (κ3) is 1.32. The van der Waals surface area contributed by atoms with E-state index in [1.807, 2.05) is 0 Å². The van der Waals surface area contributed by atoms with Crippen LogP contribution in [0.25, 0.3) is 0 Å². The van der Waals surface area contributed by atoms with Gasteiger partial charge in [-0.1, -0.05) is 17.1 Å². The van der Waals surface area contributed by atoms with Crippen LogP contribution in [0.2, 0.25) is 0 Å². The summed E-state index contributed by atoms with van der Waals surface area (Å²) in [7, 11) is 2.18. The van der Waals surface area contributed by atoms with E-state index in [1.54, 1.807) is 0 Å². The Morgan fingerprint density at radius 3 is 2.00 bits per heavy atom. The first-order valence-electron chi connectivity index (χ1n) is 4.08. The van der Waals surface area contributed by atoms with E-state index in [9.17, 15) is 0 Å². The molecule has 0 saturated carbocycles. The Hall–Kier alpha value is -0.715. The SMILES string of the molecule is Bc1cc(C)c(C)c(C)c1C. The summed E-state index contributed by atoms with van der Waals surface area (Å²) in [5.41, 5.74) is 7.14. The molecule has 58 valence electrons. The number of hydrogen-bond acceptors (Lipinski definition) is 0. The van der Waals surface area contributed by atoms with Crippen molar-refractivity contribution in [3.63, 3.8) is 0 Å². The van der Waals surface area contributed by atoms with Crippen molar-refractivity contribution in [3.8, 4) is 0 Å². The quantitative estimate of drug-likeness (QED) is 0.482. The molecular formula is C10H15B. The molecule has 0 heterocycles. The van der Waals surface area contributed by atoms with Crippen molar-refractivity contribution in [2.24, 2.45) is 0 Å². The Kier molecular flexibility index (Phi) is 2.08. The van der Waals surface area contributed by atoms with Crippen LogP contribution in [0.5, 0.6) is 0 Å². The molecule has 1 heteroatoms.